The Morgan fingerprint density at radius 3 is 2.26 bits per heavy atom. The topological polar surface area (TPSA) is 84.0 Å². The number of hydrogen-bond donors (Lipinski definition) is 0. The van der Waals surface area contributed by atoms with Gasteiger partial charge in [0.1, 0.15) is 0 Å². The van der Waals surface area contributed by atoms with E-state index in [1.165, 1.54) is 0 Å². The molecule has 0 atom stereocenters. The Morgan fingerprint density at radius 1 is 1.11 bits per heavy atom. The number of hydrogen-bond acceptors (Lipinski definition) is 7. The van der Waals surface area contributed by atoms with Crippen LogP contribution in [0.1, 0.15) is 19.8 Å². The van der Waals surface area contributed by atoms with Gasteiger partial charge in [0.2, 0.25) is 0 Å². The van der Waals surface area contributed by atoms with Crippen molar-refractivity contribution in [3.05, 3.63) is 12.4 Å². The molecular formula is C10H20N2O5S2. The van der Waals surface area contributed by atoms with Crippen molar-refractivity contribution in [3.63, 3.8) is 0 Å². The third-order valence-corrected chi connectivity index (χ3v) is 5.18. The van der Waals surface area contributed by atoms with E-state index >= 15 is 0 Å². The molecule has 0 aromatic rings. The summed E-state index contributed by atoms with van der Waals surface area (Å²) in [6.07, 6.45) is 5.70. The molecule has 0 aromatic heterocycles. The highest BCUT2D eigenvalue weighted by molar-refractivity contribution is 7.99. The molecule has 1 aliphatic rings. The number of nitrogens with zero attached hydrogens (tertiary/aromatic N) is 2. The molecule has 19 heavy (non-hydrogen) atoms. The van der Waals surface area contributed by atoms with Crippen molar-refractivity contribution in [2.24, 2.45) is 0 Å². The van der Waals surface area contributed by atoms with Crippen molar-refractivity contribution in [1.82, 2.24) is 9.80 Å². The van der Waals surface area contributed by atoms with E-state index in [0.29, 0.717) is 12.8 Å². The van der Waals surface area contributed by atoms with E-state index in [2.05, 4.69) is 20.4 Å². The lowest BCUT2D eigenvalue weighted by Gasteiger charge is -2.19. The summed E-state index contributed by atoms with van der Waals surface area (Å²) in [5, 5.41) is 0. The van der Waals surface area contributed by atoms with Crippen molar-refractivity contribution in [1.29, 1.82) is 0 Å². The Hall–Kier alpha value is -0.800. The molecule has 9 heteroatoms. The third kappa shape index (κ3) is 6.79. The van der Waals surface area contributed by atoms with Crippen molar-refractivity contribution in [3.8, 4) is 0 Å². The van der Waals surface area contributed by atoms with Gasteiger partial charge in [-0.15, -0.1) is 3.63 Å². The van der Waals surface area contributed by atoms with Crippen molar-refractivity contribution >= 4 is 20.2 Å². The monoisotopic (exact) mass is 312 g/mol. The van der Waals surface area contributed by atoms with E-state index in [9.17, 15) is 16.8 Å². The highest BCUT2D eigenvalue weighted by atomic mass is 32.3. The van der Waals surface area contributed by atoms with Crippen molar-refractivity contribution in [2.45, 2.75) is 19.8 Å². The number of rotatable bonds is 8. The quantitative estimate of drug-likeness (QED) is 0.589. The molecule has 0 aliphatic carbocycles. The highest BCUT2D eigenvalue weighted by Gasteiger charge is 2.18. The summed E-state index contributed by atoms with van der Waals surface area (Å²) in [7, 11) is -7.95. The lowest BCUT2D eigenvalue weighted by atomic mass is 10.3. The van der Waals surface area contributed by atoms with Crippen molar-refractivity contribution in [2.75, 3.05) is 31.8 Å². The minimum Gasteiger partial charge on any atom is -0.359 e. The fourth-order valence-corrected chi connectivity index (χ4v) is 4.02. The molecule has 1 heterocycles. The average Bonchev–Trinajstić information content (AvgIpc) is 2.69. The van der Waals surface area contributed by atoms with Crippen LogP contribution in [0.4, 0.5) is 0 Å². The smallest absolute Gasteiger partial charge is 0.281 e. The normalized spacial score (nSPS) is 16.3. The van der Waals surface area contributed by atoms with Gasteiger partial charge in [-0.05, 0) is 19.8 Å². The zero-order valence-corrected chi connectivity index (χ0v) is 12.8. The lowest BCUT2D eigenvalue weighted by molar-refractivity contribution is 0.270. The van der Waals surface area contributed by atoms with Crippen LogP contribution in [0.15, 0.2) is 12.4 Å². The molecule has 1 aliphatic heterocycles. The molecule has 0 amide bonds. The Kier molecular flexibility index (Phi) is 5.63. The maximum atomic E-state index is 11.3. The Balaban J connectivity index is 2.23. The molecular weight excluding hydrogens is 292 g/mol. The molecule has 0 radical (unpaired) electrons. The van der Waals surface area contributed by atoms with E-state index in [4.69, 9.17) is 0 Å². The lowest BCUT2D eigenvalue weighted by Crippen LogP contribution is -2.26. The molecule has 0 saturated carbocycles. The van der Waals surface area contributed by atoms with E-state index in [1.54, 1.807) is 0 Å². The van der Waals surface area contributed by atoms with Gasteiger partial charge in [-0.1, -0.05) is 0 Å². The zero-order valence-electron chi connectivity index (χ0n) is 11.1. The van der Waals surface area contributed by atoms with Gasteiger partial charge >= 0.3 is 0 Å². The molecule has 0 spiro atoms. The van der Waals surface area contributed by atoms with Crippen LogP contribution in [-0.4, -0.2) is 58.4 Å². The second-order valence-corrected chi connectivity index (χ2v) is 7.87. The fraction of sp³-hybridized carbons (Fsp3) is 0.800. The summed E-state index contributed by atoms with van der Waals surface area (Å²) < 4.78 is 48.1. The standard InChI is InChI=1S/C10H20N2O5S2/c1-3-11-7-8-12(10-11)6-4-5-9-19(15,16)17-18(2,13)14/h7-8H,3-6,9-10H2,1-2H3. The second-order valence-electron chi connectivity index (χ2n) is 4.40. The molecule has 0 aromatic carbocycles. The first-order chi connectivity index (χ1) is 8.72. The summed E-state index contributed by atoms with van der Waals surface area (Å²) >= 11 is 0. The first kappa shape index (κ1) is 16.3. The Morgan fingerprint density at radius 2 is 1.74 bits per heavy atom. The van der Waals surface area contributed by atoms with Crippen LogP contribution in [0.2, 0.25) is 0 Å². The SMILES string of the molecule is CCN1C=CN(CCCCS(=O)(=O)OS(C)(=O)=O)C1. The van der Waals surface area contributed by atoms with Crippen LogP contribution < -0.4 is 0 Å². The Bertz CT molecular complexity index is 512. The summed E-state index contributed by atoms with van der Waals surface area (Å²) in [6, 6.07) is 0. The molecule has 0 N–H and O–H groups in total. The van der Waals surface area contributed by atoms with Gasteiger partial charge in [0.25, 0.3) is 20.2 Å². The molecule has 0 fully saturated rings. The minimum atomic E-state index is -3.99. The average molecular weight is 312 g/mol. The van der Waals surface area contributed by atoms with Crippen LogP contribution in [0, 0.1) is 0 Å². The Labute approximate surface area is 115 Å². The van der Waals surface area contributed by atoms with Gasteiger partial charge in [0.05, 0.1) is 18.7 Å². The van der Waals surface area contributed by atoms with Gasteiger partial charge in [-0.2, -0.15) is 16.8 Å². The maximum absolute atomic E-state index is 11.3. The summed E-state index contributed by atoms with van der Waals surface area (Å²) in [5.74, 6) is -0.283. The highest BCUT2D eigenvalue weighted by Crippen LogP contribution is 2.08. The first-order valence-corrected chi connectivity index (χ1v) is 9.41. The van der Waals surface area contributed by atoms with Crippen LogP contribution >= 0.6 is 0 Å². The molecule has 1 rings (SSSR count). The van der Waals surface area contributed by atoms with Crippen molar-refractivity contribution < 1.29 is 20.5 Å². The summed E-state index contributed by atoms with van der Waals surface area (Å²) in [5.41, 5.74) is 0. The van der Waals surface area contributed by atoms with Crippen LogP contribution in [-0.2, 0) is 23.9 Å². The minimum absolute atomic E-state index is 0.283. The number of unbranched alkanes of at least 4 members (excludes halogenated alkanes) is 1. The van der Waals surface area contributed by atoms with E-state index in [-0.39, 0.29) is 5.75 Å². The van der Waals surface area contributed by atoms with E-state index in [1.807, 2.05) is 12.4 Å². The first-order valence-electron chi connectivity index (χ1n) is 6.02. The second kappa shape index (κ2) is 6.58. The molecule has 7 nitrogen and oxygen atoms in total. The van der Waals surface area contributed by atoms with Gasteiger partial charge in [-0.3, -0.25) is 0 Å². The molecule has 0 bridgehead atoms. The van der Waals surface area contributed by atoms with E-state index < -0.39 is 20.2 Å². The predicted octanol–water partition coefficient (Wildman–Crippen LogP) is 0.139. The van der Waals surface area contributed by atoms with Crippen LogP contribution in [0.3, 0.4) is 0 Å². The third-order valence-electron chi connectivity index (χ3n) is 2.57. The van der Waals surface area contributed by atoms with Gasteiger partial charge < -0.3 is 9.80 Å². The van der Waals surface area contributed by atoms with E-state index in [0.717, 1.165) is 26.0 Å². The fourth-order valence-electron chi connectivity index (χ4n) is 1.68. The summed E-state index contributed by atoms with van der Waals surface area (Å²) in [4.78, 5) is 4.21. The van der Waals surface area contributed by atoms with Crippen LogP contribution in [0.25, 0.3) is 0 Å². The van der Waals surface area contributed by atoms with Gasteiger partial charge in [-0.25, -0.2) is 0 Å². The van der Waals surface area contributed by atoms with Gasteiger partial charge in [0, 0.05) is 25.5 Å². The largest absolute Gasteiger partial charge is 0.359 e. The van der Waals surface area contributed by atoms with Crippen LogP contribution in [0.5, 0.6) is 0 Å². The molecule has 112 valence electrons. The maximum Gasteiger partial charge on any atom is 0.281 e. The molecule has 0 unspecified atom stereocenters. The molecule has 0 saturated heterocycles. The zero-order chi connectivity index (χ0) is 14.5. The summed E-state index contributed by atoms with van der Waals surface area (Å²) in [6.45, 7) is 4.54. The van der Waals surface area contributed by atoms with Gasteiger partial charge in [0.15, 0.2) is 0 Å². The predicted molar refractivity (Wildman–Crippen MR) is 72.0 cm³/mol.